The van der Waals surface area contributed by atoms with E-state index in [1.807, 2.05) is 37.3 Å². The van der Waals surface area contributed by atoms with Gasteiger partial charge in [-0.1, -0.05) is 61.9 Å². The summed E-state index contributed by atoms with van der Waals surface area (Å²) in [5.41, 5.74) is 1.23. The number of carbonyl (C=O) groups is 2. The molecule has 3 rings (SSSR count). The summed E-state index contributed by atoms with van der Waals surface area (Å²) in [5.74, 6) is 0.0295. The van der Waals surface area contributed by atoms with Crippen LogP contribution in [0.5, 0.6) is 11.5 Å². The van der Waals surface area contributed by atoms with Gasteiger partial charge in [0.25, 0.3) is 5.91 Å². The van der Waals surface area contributed by atoms with Crippen LogP contribution in [0.1, 0.15) is 30.9 Å². The third-order valence-corrected chi connectivity index (χ3v) is 5.82. The van der Waals surface area contributed by atoms with Gasteiger partial charge in [-0.2, -0.15) is 0 Å². The fourth-order valence-electron chi connectivity index (χ4n) is 3.77. The first kappa shape index (κ1) is 26.7. The number of nitrogens with one attached hydrogen (secondary N) is 1. The highest BCUT2D eigenvalue weighted by Gasteiger charge is 2.31. The van der Waals surface area contributed by atoms with Crippen molar-refractivity contribution in [1.82, 2.24) is 10.2 Å². The Labute approximate surface area is 212 Å². The summed E-state index contributed by atoms with van der Waals surface area (Å²) in [5, 5.41) is 2.94. The summed E-state index contributed by atoms with van der Waals surface area (Å²) < 4.78 is 25.5. The van der Waals surface area contributed by atoms with Gasteiger partial charge >= 0.3 is 0 Å². The van der Waals surface area contributed by atoms with Crippen LogP contribution in [0.4, 0.5) is 4.39 Å². The van der Waals surface area contributed by atoms with Gasteiger partial charge in [-0.05, 0) is 42.3 Å². The van der Waals surface area contributed by atoms with E-state index in [4.69, 9.17) is 9.47 Å². The molecule has 7 heteroatoms. The number of carbonyl (C=O) groups excluding carboxylic acids is 2. The van der Waals surface area contributed by atoms with E-state index >= 15 is 0 Å². The maximum Gasteiger partial charge on any atom is 0.261 e. The molecule has 0 fully saturated rings. The van der Waals surface area contributed by atoms with Crippen molar-refractivity contribution in [3.63, 3.8) is 0 Å². The number of hydrogen-bond acceptors (Lipinski definition) is 4. The van der Waals surface area contributed by atoms with Crippen LogP contribution in [0.25, 0.3) is 0 Å². The number of methoxy groups -OCH3 is 1. The maximum absolute atomic E-state index is 14.6. The van der Waals surface area contributed by atoms with E-state index < -0.39 is 17.8 Å². The van der Waals surface area contributed by atoms with Gasteiger partial charge < -0.3 is 19.7 Å². The zero-order chi connectivity index (χ0) is 25.8. The van der Waals surface area contributed by atoms with E-state index in [9.17, 15) is 14.0 Å². The number of benzene rings is 3. The Morgan fingerprint density at radius 2 is 1.61 bits per heavy atom. The highest BCUT2D eigenvalue weighted by Crippen LogP contribution is 2.19. The van der Waals surface area contributed by atoms with Crippen LogP contribution in [0.3, 0.4) is 0 Å². The summed E-state index contributed by atoms with van der Waals surface area (Å²) in [6.07, 6.45) is 2.05. The molecule has 3 aromatic carbocycles. The van der Waals surface area contributed by atoms with Crippen molar-refractivity contribution in [2.24, 2.45) is 0 Å². The topological polar surface area (TPSA) is 67.9 Å². The monoisotopic (exact) mass is 492 g/mol. The molecule has 0 aliphatic heterocycles. The van der Waals surface area contributed by atoms with Crippen molar-refractivity contribution in [2.75, 3.05) is 20.3 Å². The van der Waals surface area contributed by atoms with Crippen molar-refractivity contribution < 1.29 is 23.5 Å². The smallest absolute Gasteiger partial charge is 0.261 e. The van der Waals surface area contributed by atoms with Gasteiger partial charge in [-0.25, -0.2) is 4.39 Å². The third-order valence-electron chi connectivity index (χ3n) is 5.82. The lowest BCUT2D eigenvalue weighted by molar-refractivity contribution is -0.142. The number of rotatable bonds is 13. The fraction of sp³-hybridized carbons (Fsp3) is 0.310. The minimum atomic E-state index is -0.837. The van der Waals surface area contributed by atoms with Crippen molar-refractivity contribution in [1.29, 1.82) is 0 Å². The normalized spacial score (nSPS) is 11.4. The van der Waals surface area contributed by atoms with Crippen LogP contribution in [-0.2, 0) is 22.6 Å². The Kier molecular flexibility index (Phi) is 10.3. The van der Waals surface area contributed by atoms with E-state index in [-0.39, 0.29) is 19.1 Å². The molecule has 0 radical (unpaired) electrons. The lowest BCUT2D eigenvalue weighted by Crippen LogP contribution is -2.52. The Hall–Kier alpha value is -3.87. The van der Waals surface area contributed by atoms with Crippen LogP contribution >= 0.6 is 0 Å². The van der Waals surface area contributed by atoms with Crippen LogP contribution in [0, 0.1) is 5.82 Å². The summed E-state index contributed by atoms with van der Waals surface area (Å²) in [4.78, 5) is 28.2. The van der Waals surface area contributed by atoms with E-state index in [2.05, 4.69) is 5.32 Å². The van der Waals surface area contributed by atoms with Crippen LogP contribution in [0.2, 0.25) is 0 Å². The number of ether oxygens (including phenoxy) is 2. The minimum absolute atomic E-state index is 0.0593. The van der Waals surface area contributed by atoms with Crippen LogP contribution < -0.4 is 14.8 Å². The van der Waals surface area contributed by atoms with Gasteiger partial charge in [-0.3, -0.25) is 9.59 Å². The number of nitrogens with zero attached hydrogens (tertiary/aromatic N) is 1. The largest absolute Gasteiger partial charge is 0.497 e. The first-order valence-electron chi connectivity index (χ1n) is 12.1. The molecule has 0 bridgehead atoms. The fourth-order valence-corrected chi connectivity index (χ4v) is 3.77. The first-order chi connectivity index (χ1) is 17.5. The molecule has 1 N–H and O–H groups in total. The van der Waals surface area contributed by atoms with Crippen molar-refractivity contribution >= 4 is 11.8 Å². The Balaban J connectivity index is 1.87. The summed E-state index contributed by atoms with van der Waals surface area (Å²) in [6.45, 7) is 2.19. The zero-order valence-corrected chi connectivity index (χ0v) is 20.8. The molecule has 0 aliphatic rings. The Morgan fingerprint density at radius 3 is 2.28 bits per heavy atom. The molecule has 0 unspecified atom stereocenters. The molecule has 3 aromatic rings. The molecule has 0 spiro atoms. The zero-order valence-electron chi connectivity index (χ0n) is 20.8. The first-order valence-corrected chi connectivity index (χ1v) is 12.1. The highest BCUT2D eigenvalue weighted by molar-refractivity contribution is 5.88. The molecule has 190 valence electrons. The average molecular weight is 493 g/mol. The van der Waals surface area contributed by atoms with Crippen LogP contribution in [-0.4, -0.2) is 43.0 Å². The van der Waals surface area contributed by atoms with Gasteiger partial charge in [0.2, 0.25) is 5.91 Å². The van der Waals surface area contributed by atoms with Gasteiger partial charge in [0.05, 0.1) is 7.11 Å². The molecular formula is C29H33FN2O4. The van der Waals surface area contributed by atoms with Crippen LogP contribution in [0.15, 0.2) is 78.9 Å². The molecule has 6 nitrogen and oxygen atoms in total. The number of halogens is 1. The van der Waals surface area contributed by atoms with Crippen molar-refractivity contribution in [3.05, 3.63) is 95.8 Å². The molecule has 0 heterocycles. The van der Waals surface area contributed by atoms with E-state index in [0.717, 1.165) is 18.4 Å². The predicted octanol–water partition coefficient (Wildman–Crippen LogP) is 4.77. The number of amides is 2. The minimum Gasteiger partial charge on any atom is -0.497 e. The predicted molar refractivity (Wildman–Crippen MR) is 137 cm³/mol. The summed E-state index contributed by atoms with van der Waals surface area (Å²) in [6, 6.07) is 21.8. The summed E-state index contributed by atoms with van der Waals surface area (Å²) >= 11 is 0. The number of unbranched alkanes of at least 4 members (excludes halogenated alkanes) is 1. The van der Waals surface area contributed by atoms with Gasteiger partial charge in [0, 0.05) is 25.1 Å². The molecule has 0 saturated carbocycles. The molecule has 0 aliphatic carbocycles. The van der Waals surface area contributed by atoms with Crippen molar-refractivity contribution in [3.8, 4) is 11.5 Å². The molecule has 1 atom stereocenters. The van der Waals surface area contributed by atoms with E-state index in [0.29, 0.717) is 30.0 Å². The number of hydrogen-bond donors (Lipinski definition) is 1. The highest BCUT2D eigenvalue weighted by atomic mass is 19.1. The van der Waals surface area contributed by atoms with Crippen molar-refractivity contribution in [2.45, 2.75) is 38.8 Å². The second-order valence-corrected chi connectivity index (χ2v) is 8.43. The van der Waals surface area contributed by atoms with Gasteiger partial charge in [-0.15, -0.1) is 0 Å². The van der Waals surface area contributed by atoms with E-state index in [1.165, 1.54) is 11.0 Å². The average Bonchev–Trinajstić information content (AvgIpc) is 2.91. The molecule has 2 amide bonds. The molecule has 0 saturated heterocycles. The van der Waals surface area contributed by atoms with Gasteiger partial charge in [0.15, 0.2) is 6.61 Å². The summed E-state index contributed by atoms with van der Waals surface area (Å²) in [7, 11) is 1.57. The Morgan fingerprint density at radius 1 is 0.944 bits per heavy atom. The lowest BCUT2D eigenvalue weighted by Gasteiger charge is -2.31. The standard InChI is InChI=1S/C29H33FN2O4/c1-3-4-18-31-29(34)27(19-22-10-6-5-7-11-22)32(20-23-12-8-9-13-26(23)30)28(33)21-36-25-16-14-24(35-2)15-17-25/h5-17,27H,3-4,18-21H2,1-2H3,(H,31,34)/t27-/m0/s1. The molecule has 36 heavy (non-hydrogen) atoms. The van der Waals surface area contributed by atoms with Gasteiger partial charge in [0.1, 0.15) is 23.4 Å². The maximum atomic E-state index is 14.6. The SMILES string of the molecule is CCCCNC(=O)[C@H](Cc1ccccc1)N(Cc1ccccc1F)C(=O)COc1ccc(OC)cc1. The third kappa shape index (κ3) is 7.83. The Bertz CT molecular complexity index is 1110. The van der Waals surface area contributed by atoms with E-state index in [1.54, 1.807) is 49.6 Å². The second-order valence-electron chi connectivity index (χ2n) is 8.43. The molecule has 0 aromatic heterocycles. The quantitative estimate of drug-likeness (QED) is 0.349. The second kappa shape index (κ2) is 13.9. The molecular weight excluding hydrogens is 459 g/mol. The lowest BCUT2D eigenvalue weighted by atomic mass is 10.0.